The first-order valence-corrected chi connectivity index (χ1v) is 10.5. The van der Waals surface area contributed by atoms with Gasteiger partial charge in [0.2, 0.25) is 5.95 Å². The number of likely N-dealkylation sites (tertiary alicyclic amines) is 1. The van der Waals surface area contributed by atoms with Gasteiger partial charge in [0, 0.05) is 58.5 Å². The lowest BCUT2D eigenvalue weighted by Crippen LogP contribution is -2.31. The average molecular weight is 426 g/mol. The molecule has 166 valence electrons. The minimum Gasteiger partial charge on any atom is -0.383 e. The second-order valence-electron chi connectivity index (χ2n) is 8.17. The highest BCUT2D eigenvalue weighted by Gasteiger charge is 2.32. The predicted molar refractivity (Wildman–Crippen MR) is 120 cm³/mol. The second kappa shape index (κ2) is 9.87. The van der Waals surface area contributed by atoms with Crippen LogP contribution in [0.15, 0.2) is 24.4 Å². The van der Waals surface area contributed by atoms with Crippen LogP contribution in [0.4, 0.5) is 5.95 Å². The van der Waals surface area contributed by atoms with Gasteiger partial charge in [-0.05, 0) is 31.9 Å². The molecule has 0 saturated carbocycles. The van der Waals surface area contributed by atoms with Crippen LogP contribution in [0.5, 0.6) is 0 Å². The fourth-order valence-electron chi connectivity index (χ4n) is 3.84. The van der Waals surface area contributed by atoms with Crippen LogP contribution in [0.1, 0.15) is 49.9 Å². The van der Waals surface area contributed by atoms with Gasteiger partial charge in [-0.25, -0.2) is 9.97 Å². The van der Waals surface area contributed by atoms with E-state index in [1.165, 1.54) is 0 Å². The van der Waals surface area contributed by atoms with Gasteiger partial charge in [0.1, 0.15) is 0 Å². The van der Waals surface area contributed by atoms with E-state index in [-0.39, 0.29) is 17.7 Å². The smallest absolute Gasteiger partial charge is 0.254 e. The molecule has 2 aromatic rings. The molecular weight excluding hydrogens is 394 g/mol. The van der Waals surface area contributed by atoms with Crippen molar-refractivity contribution >= 4 is 17.8 Å². The number of carbonyl (C=O) groups is 2. The van der Waals surface area contributed by atoms with Gasteiger partial charge in [0.05, 0.1) is 17.9 Å². The molecule has 3 rings (SSSR count). The van der Waals surface area contributed by atoms with Gasteiger partial charge < -0.3 is 19.9 Å². The second-order valence-corrected chi connectivity index (χ2v) is 8.17. The summed E-state index contributed by atoms with van der Waals surface area (Å²) in [6, 6.07) is 5.88. The van der Waals surface area contributed by atoms with E-state index in [0.29, 0.717) is 43.4 Å². The van der Waals surface area contributed by atoms with Gasteiger partial charge in [0.25, 0.3) is 11.8 Å². The van der Waals surface area contributed by atoms with Crippen molar-refractivity contribution in [2.45, 2.75) is 26.2 Å². The summed E-state index contributed by atoms with van der Waals surface area (Å²) < 4.78 is 5.01. The molecule has 1 fully saturated rings. The fraction of sp³-hybridized carbons (Fsp3) is 0.478. The first-order valence-electron chi connectivity index (χ1n) is 10.5. The number of methoxy groups -OCH3 is 1. The number of hydrogen-bond donors (Lipinski definition) is 1. The van der Waals surface area contributed by atoms with E-state index in [1.807, 2.05) is 55.9 Å². The van der Waals surface area contributed by atoms with Crippen molar-refractivity contribution in [1.82, 2.24) is 20.2 Å². The number of ether oxygens (including phenoxy) is 1. The molecule has 1 unspecified atom stereocenters. The summed E-state index contributed by atoms with van der Waals surface area (Å²) in [6.07, 6.45) is 2.33. The van der Waals surface area contributed by atoms with Crippen molar-refractivity contribution < 1.29 is 14.3 Å². The highest BCUT2D eigenvalue weighted by molar-refractivity contribution is 5.96. The molecule has 8 nitrogen and oxygen atoms in total. The molecule has 0 bridgehead atoms. The number of nitrogens with one attached hydrogen (secondary N) is 1. The molecule has 1 N–H and O–H groups in total. The predicted octanol–water partition coefficient (Wildman–Crippen LogP) is 2.17. The lowest BCUT2D eigenvalue weighted by molar-refractivity contribution is 0.0790. The molecule has 0 spiro atoms. The number of rotatable bonds is 7. The normalized spacial score (nSPS) is 15.8. The molecule has 2 heterocycles. The Morgan fingerprint density at radius 1 is 1.26 bits per heavy atom. The number of hydrogen-bond acceptors (Lipinski definition) is 6. The largest absolute Gasteiger partial charge is 0.383 e. The summed E-state index contributed by atoms with van der Waals surface area (Å²) in [5.41, 5.74) is 3.97. The average Bonchev–Trinajstić information content (AvgIpc) is 3.23. The van der Waals surface area contributed by atoms with Crippen molar-refractivity contribution in [2.24, 2.45) is 0 Å². The lowest BCUT2D eigenvalue weighted by atomic mass is 9.99. The molecule has 1 atom stereocenters. The van der Waals surface area contributed by atoms with Gasteiger partial charge in [-0.1, -0.05) is 17.7 Å². The fourth-order valence-corrected chi connectivity index (χ4v) is 3.84. The van der Waals surface area contributed by atoms with E-state index in [0.717, 1.165) is 23.1 Å². The summed E-state index contributed by atoms with van der Waals surface area (Å²) in [5.74, 6) is 0.312. The molecule has 2 amide bonds. The number of benzene rings is 1. The van der Waals surface area contributed by atoms with Gasteiger partial charge in [-0.3, -0.25) is 9.59 Å². The third-order valence-corrected chi connectivity index (χ3v) is 5.52. The summed E-state index contributed by atoms with van der Waals surface area (Å²) in [6.45, 7) is 5.97. The van der Waals surface area contributed by atoms with Crippen LogP contribution in [0.25, 0.3) is 0 Å². The van der Waals surface area contributed by atoms with E-state index in [1.54, 1.807) is 13.3 Å². The van der Waals surface area contributed by atoms with Crippen LogP contribution in [0.2, 0.25) is 0 Å². The molecule has 1 saturated heterocycles. The van der Waals surface area contributed by atoms with E-state index in [9.17, 15) is 9.59 Å². The number of aromatic nitrogens is 2. The zero-order chi connectivity index (χ0) is 22.5. The Bertz CT molecular complexity index is 960. The summed E-state index contributed by atoms with van der Waals surface area (Å²) in [4.78, 5) is 38.5. The third-order valence-electron chi connectivity index (χ3n) is 5.52. The van der Waals surface area contributed by atoms with Crippen LogP contribution in [0.3, 0.4) is 0 Å². The van der Waals surface area contributed by atoms with Gasteiger partial charge in [0.15, 0.2) is 0 Å². The van der Waals surface area contributed by atoms with E-state index in [4.69, 9.17) is 4.74 Å². The minimum atomic E-state index is -0.225. The van der Waals surface area contributed by atoms with Crippen LogP contribution in [0, 0.1) is 13.8 Å². The van der Waals surface area contributed by atoms with Crippen molar-refractivity contribution in [3.05, 3.63) is 52.3 Å². The molecule has 1 aliphatic rings. The zero-order valence-electron chi connectivity index (χ0n) is 18.9. The van der Waals surface area contributed by atoms with E-state index < -0.39 is 0 Å². The zero-order valence-corrected chi connectivity index (χ0v) is 18.9. The molecule has 31 heavy (non-hydrogen) atoms. The number of carbonyl (C=O) groups excluding carboxylic acids is 2. The Labute approximate surface area is 183 Å². The highest BCUT2D eigenvalue weighted by Crippen LogP contribution is 2.30. The van der Waals surface area contributed by atoms with Crippen molar-refractivity contribution in [3.8, 4) is 0 Å². The first kappa shape index (κ1) is 22.7. The Balaban J connectivity index is 1.83. The van der Waals surface area contributed by atoms with Crippen molar-refractivity contribution in [3.63, 3.8) is 0 Å². The molecular formula is C23H31N5O3. The van der Waals surface area contributed by atoms with Gasteiger partial charge >= 0.3 is 0 Å². The van der Waals surface area contributed by atoms with Crippen molar-refractivity contribution in [1.29, 1.82) is 0 Å². The molecule has 8 heteroatoms. The monoisotopic (exact) mass is 425 g/mol. The summed E-state index contributed by atoms with van der Waals surface area (Å²) >= 11 is 0. The van der Waals surface area contributed by atoms with Crippen LogP contribution >= 0.6 is 0 Å². The van der Waals surface area contributed by atoms with E-state index >= 15 is 0 Å². The Morgan fingerprint density at radius 2 is 2.03 bits per heavy atom. The molecule has 1 aromatic heterocycles. The third kappa shape index (κ3) is 5.19. The van der Waals surface area contributed by atoms with Gasteiger partial charge in [-0.2, -0.15) is 0 Å². The van der Waals surface area contributed by atoms with Crippen molar-refractivity contribution in [2.75, 3.05) is 52.3 Å². The SMILES string of the molecule is COCCNC(=O)c1cnc(N(C)C)nc1C1CCN(C(=O)c2ccc(C)cc2C)C1. The molecule has 0 radical (unpaired) electrons. The maximum atomic E-state index is 13.1. The van der Waals surface area contributed by atoms with Crippen LogP contribution in [-0.2, 0) is 4.74 Å². The first-order chi connectivity index (χ1) is 14.8. The lowest BCUT2D eigenvalue weighted by Gasteiger charge is -2.20. The Kier molecular flexibility index (Phi) is 7.22. The van der Waals surface area contributed by atoms with Crippen LogP contribution in [-0.4, -0.2) is 74.1 Å². The minimum absolute atomic E-state index is 0.0213. The van der Waals surface area contributed by atoms with Gasteiger partial charge in [-0.15, -0.1) is 0 Å². The molecule has 1 aromatic carbocycles. The highest BCUT2D eigenvalue weighted by atomic mass is 16.5. The van der Waals surface area contributed by atoms with E-state index in [2.05, 4.69) is 15.3 Å². The Morgan fingerprint density at radius 3 is 2.71 bits per heavy atom. The topological polar surface area (TPSA) is 87.7 Å². The Hall–Kier alpha value is -3.00. The summed E-state index contributed by atoms with van der Waals surface area (Å²) in [5, 5.41) is 2.85. The number of anilines is 1. The summed E-state index contributed by atoms with van der Waals surface area (Å²) in [7, 11) is 5.32. The van der Waals surface area contributed by atoms with Crippen LogP contribution < -0.4 is 10.2 Å². The number of amides is 2. The maximum Gasteiger partial charge on any atom is 0.254 e. The molecule has 0 aliphatic carbocycles. The number of nitrogens with zero attached hydrogens (tertiary/aromatic N) is 4. The standard InChI is InChI=1S/C23H31N5O3/c1-15-6-7-18(16(2)12-15)22(30)28-10-8-17(14-28)20-19(21(29)24-9-11-31-5)13-25-23(26-20)27(3)4/h6-7,12-13,17H,8-11,14H2,1-5H3,(H,24,29). The maximum absolute atomic E-state index is 13.1. The quantitative estimate of drug-likeness (QED) is 0.684. The molecule has 1 aliphatic heterocycles. The number of aryl methyl sites for hydroxylation is 2.